The zero-order valence-corrected chi connectivity index (χ0v) is 14.1. The first kappa shape index (κ1) is 16.1. The molecule has 1 aromatic rings. The maximum absolute atomic E-state index is 12.0. The van der Waals surface area contributed by atoms with E-state index >= 15 is 0 Å². The highest BCUT2D eigenvalue weighted by Crippen LogP contribution is 2.28. The second-order valence-electron chi connectivity index (χ2n) is 5.74. The number of nitrogens with one attached hydrogen (secondary N) is 1. The number of carbonyl (C=O) groups is 1. The van der Waals surface area contributed by atoms with Crippen LogP contribution in [0.3, 0.4) is 0 Å². The number of likely N-dealkylation sites (tertiary alicyclic amines) is 1. The lowest BCUT2D eigenvalue weighted by Gasteiger charge is -2.42. The van der Waals surface area contributed by atoms with Gasteiger partial charge in [-0.1, -0.05) is 22.0 Å². The van der Waals surface area contributed by atoms with Gasteiger partial charge in [-0.3, -0.25) is 0 Å². The van der Waals surface area contributed by atoms with Crippen molar-refractivity contribution in [3.8, 4) is 0 Å². The van der Waals surface area contributed by atoms with E-state index in [1.54, 1.807) is 19.0 Å². The molecule has 0 bridgehead atoms. The summed E-state index contributed by atoms with van der Waals surface area (Å²) in [4.78, 5) is 15.4. The average Bonchev–Trinajstić information content (AvgIpc) is 2.47. The first-order chi connectivity index (χ1) is 9.96. The van der Waals surface area contributed by atoms with E-state index in [-0.39, 0.29) is 18.2 Å². The van der Waals surface area contributed by atoms with Gasteiger partial charge in [-0.15, -0.1) is 0 Å². The minimum atomic E-state index is -0.357. The summed E-state index contributed by atoms with van der Waals surface area (Å²) < 4.78 is 1.00. The molecule has 2 rings (SSSR count). The van der Waals surface area contributed by atoms with Crippen LogP contribution in [0.1, 0.15) is 12.8 Å². The van der Waals surface area contributed by atoms with Crippen LogP contribution in [0.4, 0.5) is 10.5 Å². The fraction of sp³-hybridized carbons (Fsp3) is 0.533. The van der Waals surface area contributed by atoms with E-state index in [4.69, 9.17) is 0 Å². The summed E-state index contributed by atoms with van der Waals surface area (Å²) in [6.45, 7) is 1.36. The molecular weight excluding hydrogens is 334 g/mol. The molecule has 2 N–H and O–H groups in total. The minimum Gasteiger partial charge on any atom is -0.394 e. The zero-order valence-electron chi connectivity index (χ0n) is 12.5. The highest BCUT2D eigenvalue weighted by molar-refractivity contribution is 9.10. The second kappa shape index (κ2) is 6.66. The van der Waals surface area contributed by atoms with Gasteiger partial charge in [0.25, 0.3) is 0 Å². The highest BCUT2D eigenvalue weighted by atomic mass is 79.9. The van der Waals surface area contributed by atoms with Gasteiger partial charge in [0, 0.05) is 37.3 Å². The first-order valence-corrected chi connectivity index (χ1v) is 7.86. The molecule has 116 valence electrons. The van der Waals surface area contributed by atoms with Crippen molar-refractivity contribution in [3.05, 3.63) is 28.7 Å². The van der Waals surface area contributed by atoms with E-state index < -0.39 is 0 Å². The molecular formula is C15H22BrN3O2. The van der Waals surface area contributed by atoms with Gasteiger partial charge in [0.2, 0.25) is 0 Å². The molecule has 1 aliphatic heterocycles. The molecule has 5 nitrogen and oxygen atoms in total. The van der Waals surface area contributed by atoms with E-state index in [0.717, 1.165) is 23.0 Å². The van der Waals surface area contributed by atoms with Crippen LogP contribution in [0.5, 0.6) is 0 Å². The topological polar surface area (TPSA) is 55.8 Å². The van der Waals surface area contributed by atoms with Crippen LogP contribution < -0.4 is 5.32 Å². The Labute approximate surface area is 134 Å². The molecule has 2 amide bonds. The molecule has 1 saturated heterocycles. The van der Waals surface area contributed by atoms with E-state index in [1.807, 2.05) is 29.2 Å². The van der Waals surface area contributed by atoms with Crippen molar-refractivity contribution in [2.45, 2.75) is 18.4 Å². The summed E-state index contributed by atoms with van der Waals surface area (Å²) >= 11 is 3.45. The van der Waals surface area contributed by atoms with Crippen molar-refractivity contribution in [1.29, 1.82) is 0 Å². The molecule has 0 saturated carbocycles. The summed E-state index contributed by atoms with van der Waals surface area (Å²) in [6, 6.07) is 7.94. The number of hydrogen-bond donors (Lipinski definition) is 2. The van der Waals surface area contributed by atoms with Crippen LogP contribution >= 0.6 is 15.9 Å². The third-order valence-corrected chi connectivity index (χ3v) is 4.40. The molecule has 1 aromatic carbocycles. The standard InChI is InChI=1S/C15H22BrN3O2/c1-18(2)14(21)19-8-6-15(11-20,7-9-19)17-13-5-3-4-12(16)10-13/h3-5,10,17,20H,6-9,11H2,1-2H3. The molecule has 0 unspecified atom stereocenters. The number of anilines is 1. The Morgan fingerprint density at radius 1 is 1.43 bits per heavy atom. The Morgan fingerprint density at radius 2 is 2.10 bits per heavy atom. The smallest absolute Gasteiger partial charge is 0.319 e. The maximum Gasteiger partial charge on any atom is 0.319 e. The van der Waals surface area contributed by atoms with E-state index in [2.05, 4.69) is 21.2 Å². The molecule has 21 heavy (non-hydrogen) atoms. The van der Waals surface area contributed by atoms with Crippen LogP contribution in [0.2, 0.25) is 0 Å². The number of halogens is 1. The number of piperidine rings is 1. The average molecular weight is 356 g/mol. The molecule has 1 heterocycles. The van der Waals surface area contributed by atoms with Gasteiger partial charge >= 0.3 is 6.03 Å². The number of rotatable bonds is 3. The summed E-state index contributed by atoms with van der Waals surface area (Å²) in [7, 11) is 3.52. The molecule has 0 atom stereocenters. The molecule has 6 heteroatoms. The van der Waals surface area contributed by atoms with Crippen LogP contribution in [0, 0.1) is 0 Å². The molecule has 1 fully saturated rings. The zero-order chi connectivity index (χ0) is 15.5. The molecule has 0 spiro atoms. The predicted molar refractivity (Wildman–Crippen MR) is 87.5 cm³/mol. The van der Waals surface area contributed by atoms with Gasteiger partial charge < -0.3 is 20.2 Å². The highest BCUT2D eigenvalue weighted by Gasteiger charge is 2.35. The third-order valence-electron chi connectivity index (χ3n) is 3.91. The van der Waals surface area contributed by atoms with Gasteiger partial charge in [0.05, 0.1) is 12.1 Å². The van der Waals surface area contributed by atoms with E-state index in [0.29, 0.717) is 13.1 Å². The van der Waals surface area contributed by atoms with E-state index in [1.165, 1.54) is 0 Å². The van der Waals surface area contributed by atoms with Crippen molar-refractivity contribution in [2.24, 2.45) is 0 Å². The lowest BCUT2D eigenvalue weighted by molar-refractivity contribution is 0.115. The lowest BCUT2D eigenvalue weighted by atomic mass is 9.88. The summed E-state index contributed by atoms with van der Waals surface area (Å²) in [5.41, 5.74) is 0.620. The van der Waals surface area contributed by atoms with E-state index in [9.17, 15) is 9.90 Å². The number of benzene rings is 1. The van der Waals surface area contributed by atoms with Crippen molar-refractivity contribution in [1.82, 2.24) is 9.80 Å². The number of aliphatic hydroxyl groups excluding tert-OH is 1. The number of carbonyl (C=O) groups excluding carboxylic acids is 1. The predicted octanol–water partition coefficient (Wildman–Crippen LogP) is 2.37. The number of hydrogen-bond acceptors (Lipinski definition) is 3. The Kier molecular flexibility index (Phi) is 5.11. The normalized spacial score (nSPS) is 17.4. The van der Waals surface area contributed by atoms with Crippen LogP contribution in [-0.4, -0.2) is 60.3 Å². The number of nitrogens with zero attached hydrogens (tertiary/aromatic N) is 2. The summed E-state index contributed by atoms with van der Waals surface area (Å²) in [6.07, 6.45) is 1.46. The van der Waals surface area contributed by atoms with Crippen molar-refractivity contribution < 1.29 is 9.90 Å². The lowest BCUT2D eigenvalue weighted by Crippen LogP contribution is -2.54. The van der Waals surface area contributed by atoms with Crippen molar-refractivity contribution >= 4 is 27.6 Å². The van der Waals surface area contributed by atoms with Gasteiger partial charge in [-0.05, 0) is 31.0 Å². The van der Waals surface area contributed by atoms with Gasteiger partial charge in [-0.25, -0.2) is 4.79 Å². The quantitative estimate of drug-likeness (QED) is 0.874. The molecule has 0 aliphatic carbocycles. The Hall–Kier alpha value is -1.27. The van der Waals surface area contributed by atoms with Crippen LogP contribution in [0.15, 0.2) is 28.7 Å². The Bertz CT molecular complexity index is 499. The van der Waals surface area contributed by atoms with Crippen LogP contribution in [-0.2, 0) is 0 Å². The fourth-order valence-corrected chi connectivity index (χ4v) is 3.00. The van der Waals surface area contributed by atoms with Gasteiger partial charge in [-0.2, -0.15) is 0 Å². The van der Waals surface area contributed by atoms with Crippen molar-refractivity contribution in [2.75, 3.05) is 39.1 Å². The largest absolute Gasteiger partial charge is 0.394 e. The molecule has 0 aromatic heterocycles. The van der Waals surface area contributed by atoms with Crippen LogP contribution in [0.25, 0.3) is 0 Å². The number of aliphatic hydroxyl groups is 1. The molecule has 0 radical (unpaired) electrons. The fourth-order valence-electron chi connectivity index (χ4n) is 2.60. The minimum absolute atomic E-state index is 0.0315. The van der Waals surface area contributed by atoms with Gasteiger partial charge in [0.1, 0.15) is 0 Å². The Balaban J connectivity index is 2.03. The Morgan fingerprint density at radius 3 is 2.62 bits per heavy atom. The maximum atomic E-state index is 12.0. The summed E-state index contributed by atoms with van der Waals surface area (Å²) in [5, 5.41) is 13.3. The van der Waals surface area contributed by atoms with Crippen molar-refractivity contribution in [3.63, 3.8) is 0 Å². The monoisotopic (exact) mass is 355 g/mol. The third kappa shape index (κ3) is 3.89. The summed E-state index contributed by atoms with van der Waals surface area (Å²) in [5.74, 6) is 0. The second-order valence-corrected chi connectivity index (χ2v) is 6.65. The first-order valence-electron chi connectivity index (χ1n) is 7.07. The SMILES string of the molecule is CN(C)C(=O)N1CCC(CO)(Nc2cccc(Br)c2)CC1. The van der Waals surface area contributed by atoms with Gasteiger partial charge in [0.15, 0.2) is 0 Å². The molecule has 1 aliphatic rings. The number of amides is 2. The number of urea groups is 1.